The van der Waals surface area contributed by atoms with Crippen LogP contribution in [0.3, 0.4) is 0 Å². The van der Waals surface area contributed by atoms with E-state index in [1.807, 2.05) is 24.3 Å². The van der Waals surface area contributed by atoms with Crippen LogP contribution in [0.15, 0.2) is 28.7 Å². The highest BCUT2D eigenvalue weighted by Gasteiger charge is 2.16. The molecule has 72 valence electrons. The maximum absolute atomic E-state index is 5.80. The molecule has 0 fully saturated rings. The maximum Gasteiger partial charge on any atom is 0.121 e. The van der Waals surface area contributed by atoms with E-state index in [1.165, 1.54) is 0 Å². The van der Waals surface area contributed by atoms with Gasteiger partial charge in [0.1, 0.15) is 11.4 Å². The van der Waals surface area contributed by atoms with Crippen LogP contribution in [0.1, 0.15) is 27.2 Å². The Morgan fingerprint density at radius 3 is 2.62 bits per heavy atom. The molecule has 0 aromatic heterocycles. The van der Waals surface area contributed by atoms with Gasteiger partial charge in [0.25, 0.3) is 0 Å². The van der Waals surface area contributed by atoms with E-state index in [0.29, 0.717) is 0 Å². The summed E-state index contributed by atoms with van der Waals surface area (Å²) in [5.41, 5.74) is -0.0825. The van der Waals surface area contributed by atoms with E-state index >= 15 is 0 Å². The molecular weight excluding hydrogens is 228 g/mol. The van der Waals surface area contributed by atoms with Gasteiger partial charge in [-0.15, -0.1) is 0 Å². The number of hydrogen-bond acceptors (Lipinski definition) is 1. The molecule has 1 rings (SSSR count). The van der Waals surface area contributed by atoms with Gasteiger partial charge in [-0.3, -0.25) is 0 Å². The van der Waals surface area contributed by atoms with Crippen molar-refractivity contribution in [1.29, 1.82) is 0 Å². The van der Waals surface area contributed by atoms with Gasteiger partial charge in [0.2, 0.25) is 0 Å². The Bertz CT molecular complexity index is 281. The fourth-order valence-corrected chi connectivity index (χ4v) is 1.30. The van der Waals surface area contributed by atoms with Crippen LogP contribution < -0.4 is 4.74 Å². The summed E-state index contributed by atoms with van der Waals surface area (Å²) < 4.78 is 6.85. The van der Waals surface area contributed by atoms with Crippen LogP contribution in [-0.2, 0) is 0 Å². The highest BCUT2D eigenvalue weighted by atomic mass is 79.9. The third-order valence-electron chi connectivity index (χ3n) is 2.04. The second-order valence-electron chi connectivity index (χ2n) is 3.67. The van der Waals surface area contributed by atoms with Crippen molar-refractivity contribution >= 4 is 15.9 Å². The lowest BCUT2D eigenvalue weighted by Gasteiger charge is -2.24. The molecule has 0 radical (unpaired) electrons. The lowest BCUT2D eigenvalue weighted by molar-refractivity contribution is 0.105. The van der Waals surface area contributed by atoms with Gasteiger partial charge < -0.3 is 4.74 Å². The number of hydrogen-bond donors (Lipinski definition) is 0. The van der Waals surface area contributed by atoms with E-state index in [4.69, 9.17) is 4.74 Å². The van der Waals surface area contributed by atoms with Crippen molar-refractivity contribution in [2.45, 2.75) is 32.8 Å². The predicted octanol–water partition coefficient (Wildman–Crippen LogP) is 4.02. The summed E-state index contributed by atoms with van der Waals surface area (Å²) in [4.78, 5) is 0. The molecular formula is C11H15BrO. The van der Waals surface area contributed by atoms with Gasteiger partial charge in [-0.25, -0.2) is 0 Å². The first-order valence-corrected chi connectivity index (χ1v) is 5.27. The molecule has 1 nitrogen and oxygen atoms in total. The molecule has 0 atom stereocenters. The Morgan fingerprint density at radius 2 is 2.08 bits per heavy atom. The summed E-state index contributed by atoms with van der Waals surface area (Å²) in [6.07, 6.45) is 1.000. The van der Waals surface area contributed by atoms with Crippen LogP contribution in [0.25, 0.3) is 0 Å². The van der Waals surface area contributed by atoms with Gasteiger partial charge in [0, 0.05) is 4.47 Å². The number of ether oxygens (including phenoxy) is 1. The van der Waals surface area contributed by atoms with Crippen molar-refractivity contribution in [3.8, 4) is 5.75 Å². The van der Waals surface area contributed by atoms with Gasteiger partial charge in [-0.05, 0) is 38.5 Å². The van der Waals surface area contributed by atoms with E-state index in [2.05, 4.69) is 36.7 Å². The van der Waals surface area contributed by atoms with E-state index < -0.39 is 0 Å². The molecule has 0 aliphatic carbocycles. The van der Waals surface area contributed by atoms with Gasteiger partial charge in [-0.2, -0.15) is 0 Å². The highest BCUT2D eigenvalue weighted by Crippen LogP contribution is 2.23. The Morgan fingerprint density at radius 1 is 1.38 bits per heavy atom. The molecule has 0 spiro atoms. The van der Waals surface area contributed by atoms with Crippen molar-refractivity contribution in [1.82, 2.24) is 0 Å². The van der Waals surface area contributed by atoms with Crippen molar-refractivity contribution in [2.24, 2.45) is 0 Å². The Labute approximate surface area is 88.2 Å². The van der Waals surface area contributed by atoms with E-state index in [9.17, 15) is 0 Å². The summed E-state index contributed by atoms with van der Waals surface area (Å²) in [6, 6.07) is 7.93. The van der Waals surface area contributed by atoms with Crippen molar-refractivity contribution in [3.63, 3.8) is 0 Å². The first-order chi connectivity index (χ1) is 6.03. The molecule has 0 aliphatic heterocycles. The molecule has 0 saturated carbocycles. The van der Waals surface area contributed by atoms with Crippen LogP contribution in [0.5, 0.6) is 5.75 Å². The summed E-state index contributed by atoms with van der Waals surface area (Å²) >= 11 is 3.41. The van der Waals surface area contributed by atoms with Crippen molar-refractivity contribution < 1.29 is 4.74 Å². The highest BCUT2D eigenvalue weighted by molar-refractivity contribution is 9.10. The second-order valence-corrected chi connectivity index (χ2v) is 4.59. The molecule has 1 aromatic carbocycles. The van der Waals surface area contributed by atoms with Crippen LogP contribution in [0.2, 0.25) is 0 Å². The van der Waals surface area contributed by atoms with Gasteiger partial charge in [0.15, 0.2) is 0 Å². The number of benzene rings is 1. The monoisotopic (exact) mass is 242 g/mol. The number of rotatable bonds is 3. The van der Waals surface area contributed by atoms with E-state index in [-0.39, 0.29) is 5.60 Å². The van der Waals surface area contributed by atoms with Crippen LogP contribution in [0.4, 0.5) is 0 Å². The SMILES string of the molecule is CCC(C)(C)Oc1cccc(Br)c1. The minimum absolute atomic E-state index is 0.0825. The Kier molecular flexibility index (Phi) is 3.37. The third-order valence-corrected chi connectivity index (χ3v) is 2.53. The molecule has 0 aliphatic rings. The van der Waals surface area contributed by atoms with Gasteiger partial charge in [-0.1, -0.05) is 28.9 Å². The average Bonchev–Trinajstić information content (AvgIpc) is 2.03. The summed E-state index contributed by atoms with van der Waals surface area (Å²) in [5, 5.41) is 0. The van der Waals surface area contributed by atoms with Gasteiger partial charge >= 0.3 is 0 Å². The van der Waals surface area contributed by atoms with E-state index in [0.717, 1.165) is 16.6 Å². The zero-order valence-electron chi connectivity index (χ0n) is 8.30. The van der Waals surface area contributed by atoms with Crippen molar-refractivity contribution in [2.75, 3.05) is 0 Å². The number of halogens is 1. The largest absolute Gasteiger partial charge is 0.488 e. The van der Waals surface area contributed by atoms with Crippen LogP contribution in [0, 0.1) is 0 Å². The second kappa shape index (κ2) is 4.14. The molecule has 1 aromatic rings. The predicted molar refractivity (Wildman–Crippen MR) is 59.1 cm³/mol. The standard InChI is InChI=1S/C11H15BrO/c1-4-11(2,3)13-10-7-5-6-9(12)8-10/h5-8H,4H2,1-3H3. The molecule has 0 bridgehead atoms. The first kappa shape index (κ1) is 10.6. The Balaban J connectivity index is 2.74. The molecule has 0 N–H and O–H groups in total. The molecule has 13 heavy (non-hydrogen) atoms. The smallest absolute Gasteiger partial charge is 0.121 e. The summed E-state index contributed by atoms with van der Waals surface area (Å²) in [6.45, 7) is 6.31. The van der Waals surface area contributed by atoms with Crippen LogP contribution in [-0.4, -0.2) is 5.60 Å². The molecule has 0 unspecified atom stereocenters. The summed E-state index contributed by atoms with van der Waals surface area (Å²) in [5.74, 6) is 0.918. The minimum Gasteiger partial charge on any atom is -0.488 e. The fourth-order valence-electron chi connectivity index (χ4n) is 0.922. The molecule has 2 heteroatoms. The van der Waals surface area contributed by atoms with Crippen LogP contribution >= 0.6 is 15.9 Å². The average molecular weight is 243 g/mol. The lowest BCUT2D eigenvalue weighted by atomic mass is 10.1. The normalized spacial score (nSPS) is 11.4. The first-order valence-electron chi connectivity index (χ1n) is 4.48. The van der Waals surface area contributed by atoms with Crippen molar-refractivity contribution in [3.05, 3.63) is 28.7 Å². The third kappa shape index (κ3) is 3.39. The molecule has 0 amide bonds. The molecule has 0 saturated heterocycles. The zero-order chi connectivity index (χ0) is 9.90. The molecule has 0 heterocycles. The maximum atomic E-state index is 5.80. The van der Waals surface area contributed by atoms with E-state index in [1.54, 1.807) is 0 Å². The minimum atomic E-state index is -0.0825. The zero-order valence-corrected chi connectivity index (χ0v) is 9.89. The Hall–Kier alpha value is -0.500. The topological polar surface area (TPSA) is 9.23 Å². The summed E-state index contributed by atoms with van der Waals surface area (Å²) in [7, 11) is 0. The quantitative estimate of drug-likeness (QED) is 0.779. The van der Waals surface area contributed by atoms with Gasteiger partial charge in [0.05, 0.1) is 0 Å². The fraction of sp³-hybridized carbons (Fsp3) is 0.455. The lowest BCUT2D eigenvalue weighted by Crippen LogP contribution is -2.26.